The van der Waals surface area contributed by atoms with Gasteiger partial charge in [0.05, 0.1) is 5.41 Å². The van der Waals surface area contributed by atoms with Crippen molar-refractivity contribution in [1.82, 2.24) is 0 Å². The average Bonchev–Trinajstić information content (AvgIpc) is 3.02. The number of amidine groups is 1. The van der Waals surface area contributed by atoms with E-state index >= 15 is 0 Å². The SMILES string of the molecule is Cc1ccc(C2(C(N)=NO)CC2)cc1Cl. The van der Waals surface area contributed by atoms with E-state index in [0.29, 0.717) is 0 Å². The molecule has 0 spiro atoms. The van der Waals surface area contributed by atoms with Gasteiger partial charge in [0.15, 0.2) is 0 Å². The van der Waals surface area contributed by atoms with Crippen molar-refractivity contribution in [2.45, 2.75) is 25.2 Å². The molecule has 0 unspecified atom stereocenters. The lowest BCUT2D eigenvalue weighted by molar-refractivity contribution is 0.315. The monoisotopic (exact) mass is 224 g/mol. The van der Waals surface area contributed by atoms with Gasteiger partial charge in [0, 0.05) is 5.02 Å². The zero-order valence-electron chi connectivity index (χ0n) is 8.50. The van der Waals surface area contributed by atoms with Crippen LogP contribution in [0, 0.1) is 6.92 Å². The minimum atomic E-state index is -0.272. The van der Waals surface area contributed by atoms with Crippen LogP contribution in [0.2, 0.25) is 5.02 Å². The summed E-state index contributed by atoms with van der Waals surface area (Å²) < 4.78 is 0. The lowest BCUT2D eigenvalue weighted by atomic mass is 9.94. The first kappa shape index (κ1) is 10.3. The van der Waals surface area contributed by atoms with Crippen LogP contribution in [0.4, 0.5) is 0 Å². The van der Waals surface area contributed by atoms with E-state index in [9.17, 15) is 0 Å². The molecule has 1 saturated carbocycles. The molecule has 1 aromatic rings. The van der Waals surface area contributed by atoms with Crippen molar-refractivity contribution in [3.05, 3.63) is 34.3 Å². The summed E-state index contributed by atoms with van der Waals surface area (Å²) in [7, 11) is 0. The summed E-state index contributed by atoms with van der Waals surface area (Å²) in [6, 6.07) is 5.86. The molecule has 4 heteroatoms. The summed E-state index contributed by atoms with van der Waals surface area (Å²) >= 11 is 6.05. The molecular formula is C11H13ClN2O. The summed E-state index contributed by atoms with van der Waals surface area (Å²) in [6.45, 7) is 1.95. The second-order valence-electron chi connectivity index (χ2n) is 4.03. The quantitative estimate of drug-likeness (QED) is 0.351. The van der Waals surface area contributed by atoms with E-state index in [2.05, 4.69) is 5.16 Å². The van der Waals surface area contributed by atoms with E-state index < -0.39 is 0 Å². The molecule has 0 bridgehead atoms. The number of hydrogen-bond acceptors (Lipinski definition) is 2. The first-order valence-corrected chi connectivity index (χ1v) is 5.22. The third-order valence-electron chi connectivity index (χ3n) is 3.07. The van der Waals surface area contributed by atoms with Crippen molar-refractivity contribution in [1.29, 1.82) is 0 Å². The fourth-order valence-corrected chi connectivity index (χ4v) is 1.98. The second kappa shape index (κ2) is 3.42. The fourth-order valence-electron chi connectivity index (χ4n) is 1.80. The molecule has 80 valence electrons. The smallest absolute Gasteiger partial charge is 0.149 e. The van der Waals surface area contributed by atoms with Crippen LogP contribution in [0.5, 0.6) is 0 Å². The van der Waals surface area contributed by atoms with Gasteiger partial charge in [-0.15, -0.1) is 0 Å². The number of nitrogens with two attached hydrogens (primary N) is 1. The number of rotatable bonds is 2. The summed E-state index contributed by atoms with van der Waals surface area (Å²) in [6.07, 6.45) is 1.84. The number of halogens is 1. The highest BCUT2D eigenvalue weighted by Crippen LogP contribution is 2.48. The van der Waals surface area contributed by atoms with Crippen molar-refractivity contribution >= 4 is 17.4 Å². The van der Waals surface area contributed by atoms with Crippen molar-refractivity contribution < 1.29 is 5.21 Å². The molecule has 0 saturated heterocycles. The Balaban J connectivity index is 2.42. The molecule has 1 aliphatic rings. The number of hydrogen-bond donors (Lipinski definition) is 2. The molecule has 15 heavy (non-hydrogen) atoms. The Labute approximate surface area is 93.5 Å². The minimum Gasteiger partial charge on any atom is -0.409 e. The minimum absolute atomic E-state index is 0.272. The van der Waals surface area contributed by atoms with Crippen LogP contribution < -0.4 is 5.73 Å². The van der Waals surface area contributed by atoms with E-state index in [4.69, 9.17) is 22.5 Å². The Kier molecular flexibility index (Phi) is 2.35. The molecule has 0 amide bonds. The van der Waals surface area contributed by atoms with Crippen LogP contribution in [0.3, 0.4) is 0 Å². The Morgan fingerprint density at radius 3 is 2.67 bits per heavy atom. The predicted molar refractivity (Wildman–Crippen MR) is 60.5 cm³/mol. The van der Waals surface area contributed by atoms with Crippen LogP contribution in [-0.4, -0.2) is 11.0 Å². The van der Waals surface area contributed by atoms with Crippen LogP contribution in [0.1, 0.15) is 24.0 Å². The fraction of sp³-hybridized carbons (Fsp3) is 0.364. The maximum absolute atomic E-state index is 8.73. The van der Waals surface area contributed by atoms with E-state index in [1.165, 1.54) is 0 Å². The molecule has 1 aromatic carbocycles. The van der Waals surface area contributed by atoms with Crippen LogP contribution in [-0.2, 0) is 5.41 Å². The standard InChI is InChI=1S/C11H13ClN2O/c1-7-2-3-8(6-9(7)12)11(4-5-11)10(13)14-15/h2-3,6,15H,4-5H2,1H3,(H2,13,14). The van der Waals surface area contributed by atoms with Gasteiger partial charge in [0.1, 0.15) is 5.84 Å². The zero-order chi connectivity index (χ0) is 11.1. The Morgan fingerprint density at radius 1 is 1.53 bits per heavy atom. The lowest BCUT2D eigenvalue weighted by Crippen LogP contribution is -2.28. The van der Waals surface area contributed by atoms with Gasteiger partial charge in [-0.25, -0.2) is 0 Å². The predicted octanol–water partition coefficient (Wildman–Crippen LogP) is 2.43. The van der Waals surface area contributed by atoms with Crippen molar-refractivity contribution in [3.8, 4) is 0 Å². The van der Waals surface area contributed by atoms with Gasteiger partial charge < -0.3 is 10.9 Å². The number of benzene rings is 1. The summed E-state index contributed by atoms with van der Waals surface area (Å²) in [5, 5.41) is 12.6. The van der Waals surface area contributed by atoms with Crippen molar-refractivity contribution in [2.75, 3.05) is 0 Å². The topological polar surface area (TPSA) is 58.6 Å². The zero-order valence-corrected chi connectivity index (χ0v) is 9.25. The lowest BCUT2D eigenvalue weighted by Gasteiger charge is -2.14. The first-order valence-electron chi connectivity index (χ1n) is 4.85. The second-order valence-corrected chi connectivity index (χ2v) is 4.44. The van der Waals surface area contributed by atoms with E-state index in [1.807, 2.05) is 25.1 Å². The Hall–Kier alpha value is -1.22. The van der Waals surface area contributed by atoms with Crippen LogP contribution in [0.15, 0.2) is 23.4 Å². The van der Waals surface area contributed by atoms with Crippen LogP contribution >= 0.6 is 11.6 Å². The van der Waals surface area contributed by atoms with Gasteiger partial charge in [-0.1, -0.05) is 28.9 Å². The molecule has 0 radical (unpaired) electrons. The molecule has 0 aliphatic heterocycles. The van der Waals surface area contributed by atoms with E-state index in [1.54, 1.807) is 0 Å². The van der Waals surface area contributed by atoms with Gasteiger partial charge in [0.25, 0.3) is 0 Å². The number of oxime groups is 1. The molecule has 3 nitrogen and oxygen atoms in total. The van der Waals surface area contributed by atoms with Crippen LogP contribution in [0.25, 0.3) is 0 Å². The third-order valence-corrected chi connectivity index (χ3v) is 3.48. The average molecular weight is 225 g/mol. The Morgan fingerprint density at radius 2 is 2.20 bits per heavy atom. The highest BCUT2D eigenvalue weighted by Gasteiger charge is 2.48. The summed E-state index contributed by atoms with van der Waals surface area (Å²) in [5.41, 5.74) is 7.49. The summed E-state index contributed by atoms with van der Waals surface area (Å²) in [5.74, 6) is 0.280. The molecule has 0 atom stereocenters. The van der Waals surface area contributed by atoms with Gasteiger partial charge in [-0.3, -0.25) is 0 Å². The maximum atomic E-state index is 8.73. The maximum Gasteiger partial charge on any atom is 0.149 e. The third kappa shape index (κ3) is 1.57. The molecule has 0 heterocycles. The van der Waals surface area contributed by atoms with Gasteiger partial charge in [0.2, 0.25) is 0 Å². The number of aryl methyl sites for hydroxylation is 1. The van der Waals surface area contributed by atoms with Gasteiger partial charge in [-0.05, 0) is 37.0 Å². The molecular weight excluding hydrogens is 212 g/mol. The molecule has 3 N–H and O–H groups in total. The summed E-state index contributed by atoms with van der Waals surface area (Å²) in [4.78, 5) is 0. The normalized spacial score (nSPS) is 18.9. The van der Waals surface area contributed by atoms with Gasteiger partial charge in [-0.2, -0.15) is 0 Å². The highest BCUT2D eigenvalue weighted by molar-refractivity contribution is 6.31. The molecule has 0 aromatic heterocycles. The molecule has 1 aliphatic carbocycles. The largest absolute Gasteiger partial charge is 0.409 e. The van der Waals surface area contributed by atoms with Crippen molar-refractivity contribution in [3.63, 3.8) is 0 Å². The van der Waals surface area contributed by atoms with Gasteiger partial charge >= 0.3 is 0 Å². The van der Waals surface area contributed by atoms with E-state index in [0.717, 1.165) is 29.0 Å². The Bertz CT molecular complexity index is 425. The molecule has 1 fully saturated rings. The highest BCUT2D eigenvalue weighted by atomic mass is 35.5. The molecule has 2 rings (SSSR count). The number of nitrogens with zero attached hydrogens (tertiary/aromatic N) is 1. The first-order chi connectivity index (χ1) is 7.10. The van der Waals surface area contributed by atoms with Crippen molar-refractivity contribution in [2.24, 2.45) is 10.9 Å². The van der Waals surface area contributed by atoms with E-state index in [-0.39, 0.29) is 11.3 Å².